The molecule has 0 spiro atoms. The predicted octanol–water partition coefficient (Wildman–Crippen LogP) is 4.68. The first kappa shape index (κ1) is 19.3. The molecule has 4 nitrogen and oxygen atoms in total. The lowest BCUT2D eigenvalue weighted by Crippen LogP contribution is -2.29. The molecule has 0 saturated carbocycles. The number of aryl methyl sites for hydroxylation is 1. The van der Waals surface area contributed by atoms with Crippen LogP contribution in [0, 0.1) is 12.8 Å². The van der Waals surface area contributed by atoms with Crippen LogP contribution in [-0.2, 0) is 11.3 Å². The molecule has 4 rings (SSSR count). The van der Waals surface area contributed by atoms with Crippen LogP contribution in [-0.4, -0.2) is 43.9 Å². The van der Waals surface area contributed by atoms with Crippen LogP contribution in [0.1, 0.15) is 31.4 Å². The van der Waals surface area contributed by atoms with E-state index in [-0.39, 0.29) is 6.10 Å². The molecule has 1 saturated heterocycles. The second-order valence-electron chi connectivity index (χ2n) is 8.36. The average molecular weight is 382 g/mol. The molecule has 2 aliphatic rings. The highest BCUT2D eigenvalue weighted by molar-refractivity contribution is 5.72. The third-order valence-electron chi connectivity index (χ3n) is 5.44. The summed E-state index contributed by atoms with van der Waals surface area (Å²) in [6.45, 7) is 11.7. The van der Waals surface area contributed by atoms with Gasteiger partial charge < -0.3 is 14.2 Å². The average Bonchev–Trinajstić information content (AvgIpc) is 3.08. The molecule has 0 amide bonds. The van der Waals surface area contributed by atoms with Crippen LogP contribution in [0.15, 0.2) is 36.4 Å². The minimum atomic E-state index is 0.106. The molecule has 28 heavy (non-hydrogen) atoms. The highest BCUT2D eigenvalue weighted by atomic mass is 16.6. The summed E-state index contributed by atoms with van der Waals surface area (Å²) in [7, 11) is 0. The summed E-state index contributed by atoms with van der Waals surface area (Å²) in [5.74, 6) is 2.40. The van der Waals surface area contributed by atoms with Crippen molar-refractivity contribution in [3.05, 3.63) is 47.5 Å². The van der Waals surface area contributed by atoms with E-state index < -0.39 is 0 Å². The first-order valence-corrected chi connectivity index (χ1v) is 10.4. The fraction of sp³-hybridized carbons (Fsp3) is 0.500. The van der Waals surface area contributed by atoms with Crippen LogP contribution in [0.5, 0.6) is 11.5 Å². The van der Waals surface area contributed by atoms with Crippen molar-refractivity contribution in [2.45, 2.75) is 39.8 Å². The number of hydrogen-bond acceptors (Lipinski definition) is 4. The van der Waals surface area contributed by atoms with E-state index in [2.05, 4.69) is 62.1 Å². The third kappa shape index (κ3) is 4.34. The minimum absolute atomic E-state index is 0.106. The smallest absolute Gasteiger partial charge is 0.165 e. The van der Waals surface area contributed by atoms with Gasteiger partial charge in [-0.25, -0.2) is 0 Å². The molecule has 2 aromatic carbocycles. The Balaban J connectivity index is 1.74. The highest BCUT2D eigenvalue weighted by Crippen LogP contribution is 2.40. The lowest BCUT2D eigenvalue weighted by Gasteiger charge is -2.22. The van der Waals surface area contributed by atoms with Crippen LogP contribution in [0.3, 0.4) is 0 Å². The molecule has 4 heteroatoms. The monoisotopic (exact) mass is 381 g/mol. The number of benzene rings is 2. The van der Waals surface area contributed by atoms with Gasteiger partial charge in [0.05, 0.1) is 13.2 Å². The fourth-order valence-electron chi connectivity index (χ4n) is 4.14. The standard InChI is InChI=1S/C24H31NO3/c1-17(2)14-25-9-11-27-24-20(15-25)12-19(22-7-5-4-6-18(22)3)13-23(24)28-21-8-10-26-16-21/h4-7,12-13,17,21H,8-11,14-16H2,1-3H3. The van der Waals surface area contributed by atoms with Crippen molar-refractivity contribution in [2.24, 2.45) is 5.92 Å². The number of nitrogens with zero attached hydrogens (tertiary/aromatic N) is 1. The van der Waals surface area contributed by atoms with Crippen LogP contribution in [0.25, 0.3) is 11.1 Å². The van der Waals surface area contributed by atoms with Crippen LogP contribution in [0.4, 0.5) is 0 Å². The van der Waals surface area contributed by atoms with Gasteiger partial charge in [-0.3, -0.25) is 4.90 Å². The summed E-state index contributed by atoms with van der Waals surface area (Å²) in [6, 6.07) is 13.0. The van der Waals surface area contributed by atoms with Gasteiger partial charge in [-0.1, -0.05) is 38.1 Å². The number of fused-ring (bicyclic) bond motifs is 1. The maximum Gasteiger partial charge on any atom is 0.165 e. The summed E-state index contributed by atoms with van der Waals surface area (Å²) >= 11 is 0. The largest absolute Gasteiger partial charge is 0.488 e. The lowest BCUT2D eigenvalue weighted by atomic mass is 9.97. The molecule has 0 radical (unpaired) electrons. The van der Waals surface area contributed by atoms with Crippen molar-refractivity contribution in [1.29, 1.82) is 0 Å². The fourth-order valence-corrected chi connectivity index (χ4v) is 4.14. The van der Waals surface area contributed by atoms with E-state index in [1.54, 1.807) is 0 Å². The third-order valence-corrected chi connectivity index (χ3v) is 5.44. The highest BCUT2D eigenvalue weighted by Gasteiger charge is 2.25. The molecule has 0 bridgehead atoms. The van der Waals surface area contributed by atoms with Crippen LogP contribution >= 0.6 is 0 Å². The Labute approximate surface area is 168 Å². The van der Waals surface area contributed by atoms with E-state index in [0.29, 0.717) is 19.1 Å². The van der Waals surface area contributed by atoms with Gasteiger partial charge in [0, 0.05) is 31.6 Å². The van der Waals surface area contributed by atoms with E-state index in [9.17, 15) is 0 Å². The van der Waals surface area contributed by atoms with Crippen molar-refractivity contribution in [3.63, 3.8) is 0 Å². The van der Waals surface area contributed by atoms with Gasteiger partial charge in [-0.05, 0) is 41.7 Å². The quantitative estimate of drug-likeness (QED) is 0.752. The summed E-state index contributed by atoms with van der Waals surface area (Å²) in [5.41, 5.74) is 4.93. The first-order chi connectivity index (χ1) is 13.6. The van der Waals surface area contributed by atoms with E-state index in [1.807, 2.05) is 0 Å². The van der Waals surface area contributed by atoms with E-state index in [0.717, 1.165) is 44.2 Å². The molecule has 2 aromatic rings. The maximum atomic E-state index is 6.38. The van der Waals surface area contributed by atoms with Crippen LogP contribution in [0.2, 0.25) is 0 Å². The zero-order chi connectivity index (χ0) is 19.5. The molecular weight excluding hydrogens is 350 g/mol. The van der Waals surface area contributed by atoms with E-state index in [1.165, 1.54) is 22.3 Å². The molecule has 0 N–H and O–H groups in total. The molecule has 1 unspecified atom stereocenters. The molecule has 2 heterocycles. The van der Waals surface area contributed by atoms with Crippen LogP contribution < -0.4 is 9.47 Å². The molecule has 2 aliphatic heterocycles. The SMILES string of the molecule is Cc1ccccc1-c1cc2c(c(OC3CCOC3)c1)OCCN(CC(C)C)C2. The second-order valence-corrected chi connectivity index (χ2v) is 8.36. The van der Waals surface area contributed by atoms with Gasteiger partial charge in [-0.15, -0.1) is 0 Å². The maximum absolute atomic E-state index is 6.38. The van der Waals surface area contributed by atoms with Gasteiger partial charge in [0.25, 0.3) is 0 Å². The molecular formula is C24H31NO3. The molecule has 150 valence electrons. The molecule has 1 fully saturated rings. The molecule has 0 aromatic heterocycles. The summed E-state index contributed by atoms with van der Waals surface area (Å²) < 4.78 is 18.1. The summed E-state index contributed by atoms with van der Waals surface area (Å²) in [5, 5.41) is 0. The molecule has 0 aliphatic carbocycles. The van der Waals surface area contributed by atoms with Crippen molar-refractivity contribution in [3.8, 4) is 22.6 Å². The zero-order valence-electron chi connectivity index (χ0n) is 17.2. The Kier molecular flexibility index (Phi) is 5.88. The summed E-state index contributed by atoms with van der Waals surface area (Å²) in [4.78, 5) is 2.49. The second kappa shape index (κ2) is 8.54. The molecule has 1 atom stereocenters. The number of rotatable bonds is 5. The normalized spacial score (nSPS) is 19.9. The van der Waals surface area contributed by atoms with E-state index in [4.69, 9.17) is 14.2 Å². The Morgan fingerprint density at radius 1 is 1.18 bits per heavy atom. The van der Waals surface area contributed by atoms with Gasteiger partial charge >= 0.3 is 0 Å². The Bertz CT molecular complexity index is 811. The summed E-state index contributed by atoms with van der Waals surface area (Å²) in [6.07, 6.45) is 1.04. The number of ether oxygens (including phenoxy) is 3. The topological polar surface area (TPSA) is 30.9 Å². The lowest BCUT2D eigenvalue weighted by molar-refractivity contribution is 0.137. The minimum Gasteiger partial charge on any atom is -0.488 e. The van der Waals surface area contributed by atoms with Gasteiger partial charge in [0.2, 0.25) is 0 Å². The van der Waals surface area contributed by atoms with Gasteiger partial charge in [0.15, 0.2) is 11.5 Å². The Hall–Kier alpha value is -2.04. The predicted molar refractivity (Wildman–Crippen MR) is 112 cm³/mol. The number of hydrogen-bond donors (Lipinski definition) is 0. The first-order valence-electron chi connectivity index (χ1n) is 10.4. The van der Waals surface area contributed by atoms with Crippen molar-refractivity contribution < 1.29 is 14.2 Å². The zero-order valence-corrected chi connectivity index (χ0v) is 17.2. The Morgan fingerprint density at radius 3 is 2.79 bits per heavy atom. The van der Waals surface area contributed by atoms with E-state index >= 15 is 0 Å². The Morgan fingerprint density at radius 2 is 2.04 bits per heavy atom. The van der Waals surface area contributed by atoms with Gasteiger partial charge in [0.1, 0.15) is 12.7 Å². The van der Waals surface area contributed by atoms with Gasteiger partial charge in [-0.2, -0.15) is 0 Å². The van der Waals surface area contributed by atoms with Crippen molar-refractivity contribution >= 4 is 0 Å². The van der Waals surface area contributed by atoms with Crippen molar-refractivity contribution in [1.82, 2.24) is 4.90 Å². The van der Waals surface area contributed by atoms with Crippen molar-refractivity contribution in [2.75, 3.05) is 32.9 Å².